The SMILES string of the molecule is O=C(NCCCO)c1ccc(OC2CCOCC2)nc1. The van der Waals surface area contributed by atoms with Crippen LogP contribution in [0.3, 0.4) is 0 Å². The Labute approximate surface area is 118 Å². The summed E-state index contributed by atoms with van der Waals surface area (Å²) in [6.45, 7) is 1.96. The molecule has 1 fully saturated rings. The first-order chi connectivity index (χ1) is 9.79. The van der Waals surface area contributed by atoms with Crippen molar-refractivity contribution in [1.82, 2.24) is 10.3 Å². The maximum absolute atomic E-state index is 11.7. The van der Waals surface area contributed by atoms with Gasteiger partial charge in [0.15, 0.2) is 0 Å². The van der Waals surface area contributed by atoms with Gasteiger partial charge in [0.1, 0.15) is 6.10 Å². The van der Waals surface area contributed by atoms with E-state index >= 15 is 0 Å². The third-order valence-electron chi connectivity index (χ3n) is 3.07. The Hall–Kier alpha value is -1.66. The summed E-state index contributed by atoms with van der Waals surface area (Å²) in [5.74, 6) is 0.340. The van der Waals surface area contributed by atoms with Gasteiger partial charge in [0.05, 0.1) is 18.8 Å². The second kappa shape index (κ2) is 7.81. The van der Waals surface area contributed by atoms with Gasteiger partial charge in [0.2, 0.25) is 5.88 Å². The zero-order valence-electron chi connectivity index (χ0n) is 11.4. The van der Waals surface area contributed by atoms with Crippen molar-refractivity contribution in [3.05, 3.63) is 23.9 Å². The maximum atomic E-state index is 11.7. The van der Waals surface area contributed by atoms with E-state index in [0.717, 1.165) is 26.1 Å². The van der Waals surface area contributed by atoms with Crippen molar-refractivity contribution in [2.75, 3.05) is 26.4 Å². The molecule has 2 rings (SSSR count). The second-order valence-electron chi connectivity index (χ2n) is 4.65. The number of amides is 1. The molecule has 110 valence electrons. The molecule has 0 aliphatic carbocycles. The van der Waals surface area contributed by atoms with Crippen molar-refractivity contribution in [3.63, 3.8) is 0 Å². The molecular weight excluding hydrogens is 260 g/mol. The van der Waals surface area contributed by atoms with Crippen LogP contribution in [0, 0.1) is 0 Å². The number of pyridine rings is 1. The summed E-state index contributed by atoms with van der Waals surface area (Å²) in [6, 6.07) is 3.40. The van der Waals surface area contributed by atoms with Crippen LogP contribution in [-0.4, -0.2) is 48.5 Å². The lowest BCUT2D eigenvalue weighted by Gasteiger charge is -2.22. The quantitative estimate of drug-likeness (QED) is 0.752. The standard InChI is InChI=1S/C14H20N2O4/c17-7-1-6-15-14(18)11-2-3-13(16-10-11)20-12-4-8-19-9-5-12/h2-3,10,12,17H,1,4-9H2,(H,15,18). The largest absolute Gasteiger partial charge is 0.474 e. The normalized spacial score (nSPS) is 15.8. The molecule has 1 aromatic heterocycles. The minimum absolute atomic E-state index is 0.0659. The predicted molar refractivity (Wildman–Crippen MR) is 72.7 cm³/mol. The first-order valence-corrected chi connectivity index (χ1v) is 6.89. The molecule has 0 aromatic carbocycles. The van der Waals surface area contributed by atoms with Gasteiger partial charge in [0, 0.05) is 38.3 Å². The number of carbonyl (C=O) groups excluding carboxylic acids is 1. The fourth-order valence-corrected chi connectivity index (χ4v) is 1.93. The summed E-state index contributed by atoms with van der Waals surface area (Å²) in [4.78, 5) is 15.9. The van der Waals surface area contributed by atoms with E-state index < -0.39 is 0 Å². The van der Waals surface area contributed by atoms with Gasteiger partial charge in [-0.05, 0) is 12.5 Å². The molecular formula is C14H20N2O4. The van der Waals surface area contributed by atoms with E-state index in [4.69, 9.17) is 14.6 Å². The van der Waals surface area contributed by atoms with Crippen molar-refractivity contribution >= 4 is 5.91 Å². The highest BCUT2D eigenvalue weighted by Gasteiger charge is 2.16. The fraction of sp³-hybridized carbons (Fsp3) is 0.571. The number of rotatable bonds is 6. The molecule has 6 heteroatoms. The summed E-state index contributed by atoms with van der Waals surface area (Å²) >= 11 is 0. The van der Waals surface area contributed by atoms with Crippen LogP contribution in [0.5, 0.6) is 5.88 Å². The average Bonchev–Trinajstić information content (AvgIpc) is 2.49. The molecule has 0 radical (unpaired) electrons. The van der Waals surface area contributed by atoms with Crippen LogP contribution in [-0.2, 0) is 4.74 Å². The number of carbonyl (C=O) groups is 1. The van der Waals surface area contributed by atoms with Crippen molar-refractivity contribution < 1.29 is 19.4 Å². The number of aliphatic hydroxyl groups is 1. The Morgan fingerprint density at radius 2 is 2.25 bits per heavy atom. The van der Waals surface area contributed by atoms with Crippen LogP contribution < -0.4 is 10.1 Å². The van der Waals surface area contributed by atoms with Gasteiger partial charge in [-0.2, -0.15) is 0 Å². The second-order valence-corrected chi connectivity index (χ2v) is 4.65. The molecule has 0 saturated carbocycles. The minimum Gasteiger partial charge on any atom is -0.474 e. The Morgan fingerprint density at radius 3 is 2.90 bits per heavy atom. The molecule has 1 amide bonds. The summed E-state index contributed by atoms with van der Waals surface area (Å²) in [6.07, 6.45) is 3.92. The fourth-order valence-electron chi connectivity index (χ4n) is 1.93. The first-order valence-electron chi connectivity index (χ1n) is 6.89. The highest BCUT2D eigenvalue weighted by molar-refractivity contribution is 5.93. The molecule has 2 N–H and O–H groups in total. The monoisotopic (exact) mass is 280 g/mol. The van der Waals surface area contributed by atoms with Gasteiger partial charge < -0.3 is 19.9 Å². The summed E-state index contributed by atoms with van der Waals surface area (Å²) in [5, 5.41) is 11.4. The van der Waals surface area contributed by atoms with Gasteiger partial charge in [-0.25, -0.2) is 4.98 Å². The minimum atomic E-state index is -0.191. The van der Waals surface area contributed by atoms with Gasteiger partial charge in [-0.15, -0.1) is 0 Å². The predicted octanol–water partition coefficient (Wildman–Crippen LogP) is 0.752. The van der Waals surface area contributed by atoms with Gasteiger partial charge >= 0.3 is 0 Å². The summed E-state index contributed by atoms with van der Waals surface area (Å²) in [7, 11) is 0. The Bertz CT molecular complexity index is 416. The molecule has 1 aliphatic rings. The Balaban J connectivity index is 1.83. The highest BCUT2D eigenvalue weighted by atomic mass is 16.5. The average molecular weight is 280 g/mol. The highest BCUT2D eigenvalue weighted by Crippen LogP contribution is 2.15. The number of nitrogens with one attached hydrogen (secondary N) is 1. The molecule has 20 heavy (non-hydrogen) atoms. The number of nitrogens with zero attached hydrogens (tertiary/aromatic N) is 1. The number of hydrogen-bond donors (Lipinski definition) is 2. The zero-order valence-corrected chi connectivity index (χ0v) is 11.4. The number of aliphatic hydroxyl groups excluding tert-OH is 1. The maximum Gasteiger partial charge on any atom is 0.252 e. The van der Waals surface area contributed by atoms with Gasteiger partial charge in [-0.3, -0.25) is 4.79 Å². The molecule has 6 nitrogen and oxygen atoms in total. The third-order valence-corrected chi connectivity index (χ3v) is 3.07. The lowest BCUT2D eigenvalue weighted by atomic mass is 10.1. The number of aromatic nitrogens is 1. The van der Waals surface area contributed by atoms with Crippen LogP contribution in [0.2, 0.25) is 0 Å². The smallest absolute Gasteiger partial charge is 0.252 e. The Morgan fingerprint density at radius 1 is 1.45 bits per heavy atom. The molecule has 0 unspecified atom stereocenters. The van der Waals surface area contributed by atoms with E-state index in [2.05, 4.69) is 10.3 Å². The van der Waals surface area contributed by atoms with E-state index in [9.17, 15) is 4.79 Å². The van der Waals surface area contributed by atoms with E-state index in [1.165, 1.54) is 6.20 Å². The van der Waals surface area contributed by atoms with E-state index in [1.807, 2.05) is 0 Å². The molecule has 0 atom stereocenters. The molecule has 0 spiro atoms. The van der Waals surface area contributed by atoms with Crippen LogP contribution in [0.15, 0.2) is 18.3 Å². The van der Waals surface area contributed by atoms with Crippen molar-refractivity contribution in [2.24, 2.45) is 0 Å². The van der Waals surface area contributed by atoms with E-state index in [-0.39, 0.29) is 18.6 Å². The lowest BCUT2D eigenvalue weighted by molar-refractivity contribution is 0.0237. The summed E-state index contributed by atoms with van der Waals surface area (Å²) < 4.78 is 11.0. The lowest BCUT2D eigenvalue weighted by Crippen LogP contribution is -2.26. The van der Waals surface area contributed by atoms with Crippen molar-refractivity contribution in [3.8, 4) is 5.88 Å². The van der Waals surface area contributed by atoms with Gasteiger partial charge in [0.25, 0.3) is 5.91 Å². The number of hydrogen-bond acceptors (Lipinski definition) is 5. The Kier molecular flexibility index (Phi) is 5.76. The zero-order chi connectivity index (χ0) is 14.2. The van der Waals surface area contributed by atoms with Crippen molar-refractivity contribution in [2.45, 2.75) is 25.4 Å². The van der Waals surface area contributed by atoms with E-state index in [1.54, 1.807) is 12.1 Å². The van der Waals surface area contributed by atoms with Gasteiger partial charge in [-0.1, -0.05) is 0 Å². The van der Waals surface area contributed by atoms with Crippen molar-refractivity contribution in [1.29, 1.82) is 0 Å². The van der Waals surface area contributed by atoms with Crippen LogP contribution in [0.1, 0.15) is 29.6 Å². The summed E-state index contributed by atoms with van der Waals surface area (Å²) in [5.41, 5.74) is 0.488. The molecule has 0 bridgehead atoms. The molecule has 2 heterocycles. The molecule has 1 saturated heterocycles. The molecule has 1 aromatic rings. The van der Waals surface area contributed by atoms with Crippen LogP contribution >= 0.6 is 0 Å². The van der Waals surface area contributed by atoms with Crippen LogP contribution in [0.25, 0.3) is 0 Å². The van der Waals surface area contributed by atoms with Crippen LogP contribution in [0.4, 0.5) is 0 Å². The van der Waals surface area contributed by atoms with E-state index in [0.29, 0.717) is 24.4 Å². The molecule has 1 aliphatic heterocycles. The topological polar surface area (TPSA) is 80.7 Å². The third kappa shape index (κ3) is 4.47. The first kappa shape index (κ1) is 14.7. The number of ether oxygens (including phenoxy) is 2.